The van der Waals surface area contributed by atoms with Gasteiger partial charge in [0.2, 0.25) is 0 Å². The van der Waals surface area contributed by atoms with Crippen molar-refractivity contribution in [3.63, 3.8) is 0 Å². The first-order valence-electron chi connectivity index (χ1n) is 5.18. The molecule has 0 bridgehead atoms. The zero-order chi connectivity index (χ0) is 12.1. The Balaban J connectivity index is 2.53. The minimum atomic E-state index is -0.0105. The second-order valence-electron chi connectivity index (χ2n) is 3.98. The molecule has 1 atom stereocenters. The topological polar surface area (TPSA) is 29.1 Å². The highest BCUT2D eigenvalue weighted by Gasteiger charge is 2.11. The molecule has 0 aliphatic heterocycles. The second-order valence-corrected chi connectivity index (χ2v) is 6.40. The number of carbonyl (C=O) groups excluding carboxylic acids is 1. The fraction of sp³-hybridized carbons (Fsp3) is 0.417. The van der Waals surface area contributed by atoms with Gasteiger partial charge in [0.15, 0.2) is 0 Å². The number of hydrogen-bond donors (Lipinski definition) is 1. The van der Waals surface area contributed by atoms with E-state index in [0.717, 1.165) is 9.13 Å². The summed E-state index contributed by atoms with van der Waals surface area (Å²) in [6, 6.07) is 7.58. The highest BCUT2D eigenvalue weighted by molar-refractivity contribution is 14.1. The predicted molar refractivity (Wildman–Crippen MR) is 79.0 cm³/mol. The van der Waals surface area contributed by atoms with E-state index in [1.807, 2.05) is 24.3 Å². The lowest BCUT2D eigenvalue weighted by Crippen LogP contribution is -2.31. The molecule has 1 N–H and O–H groups in total. The maximum Gasteiger partial charge on any atom is 0.251 e. The fourth-order valence-electron chi connectivity index (χ4n) is 1.16. The molecule has 0 aromatic heterocycles. The van der Waals surface area contributed by atoms with Gasteiger partial charge < -0.3 is 5.32 Å². The van der Waals surface area contributed by atoms with Crippen LogP contribution in [0.1, 0.15) is 24.2 Å². The summed E-state index contributed by atoms with van der Waals surface area (Å²) in [6.07, 6.45) is 0. The molecule has 0 fully saturated rings. The molecule has 1 rings (SSSR count). The van der Waals surface area contributed by atoms with Gasteiger partial charge in [0, 0.05) is 20.5 Å². The van der Waals surface area contributed by atoms with Crippen molar-refractivity contribution in [1.82, 2.24) is 5.32 Å². The second kappa shape index (κ2) is 6.59. The first kappa shape index (κ1) is 14.0. The Morgan fingerprint density at radius 3 is 2.75 bits per heavy atom. The summed E-state index contributed by atoms with van der Waals surface area (Å²) in [7, 11) is 0. The lowest BCUT2D eigenvalue weighted by atomic mass is 10.1. The van der Waals surface area contributed by atoms with Gasteiger partial charge in [-0.25, -0.2) is 0 Å². The van der Waals surface area contributed by atoms with Crippen molar-refractivity contribution >= 4 is 44.4 Å². The van der Waals surface area contributed by atoms with Crippen LogP contribution < -0.4 is 5.32 Å². The number of benzene rings is 1. The molecule has 2 nitrogen and oxygen atoms in total. The van der Waals surface area contributed by atoms with Crippen LogP contribution >= 0.6 is 38.5 Å². The molecule has 4 heteroatoms. The van der Waals surface area contributed by atoms with Crippen molar-refractivity contribution < 1.29 is 4.79 Å². The van der Waals surface area contributed by atoms with Gasteiger partial charge in [-0.3, -0.25) is 4.79 Å². The van der Waals surface area contributed by atoms with Crippen molar-refractivity contribution in [1.29, 1.82) is 0 Å². The van der Waals surface area contributed by atoms with Gasteiger partial charge in [0.1, 0.15) is 0 Å². The van der Waals surface area contributed by atoms with Gasteiger partial charge in [-0.05, 0) is 46.7 Å². The van der Waals surface area contributed by atoms with E-state index in [-0.39, 0.29) is 5.91 Å². The van der Waals surface area contributed by atoms with Gasteiger partial charge in [0.05, 0.1) is 0 Å². The van der Waals surface area contributed by atoms with Crippen LogP contribution in [0.25, 0.3) is 0 Å². The summed E-state index contributed by atoms with van der Waals surface area (Å²) in [4.78, 5) is 12.1. The maximum atomic E-state index is 11.8. The largest absolute Gasteiger partial charge is 0.351 e. The molecule has 1 aromatic rings. The summed E-state index contributed by atoms with van der Waals surface area (Å²) in [6.45, 7) is 4.90. The molecule has 1 unspecified atom stereocenters. The number of alkyl halides is 1. The lowest BCUT2D eigenvalue weighted by Gasteiger charge is -2.14. The molecule has 0 saturated heterocycles. The fourth-order valence-corrected chi connectivity index (χ4v) is 1.86. The summed E-state index contributed by atoms with van der Waals surface area (Å²) in [5, 5.41) is 2.92. The van der Waals surface area contributed by atoms with E-state index in [1.165, 1.54) is 0 Å². The van der Waals surface area contributed by atoms with E-state index in [9.17, 15) is 4.79 Å². The highest BCUT2D eigenvalue weighted by Crippen LogP contribution is 2.11. The van der Waals surface area contributed by atoms with Crippen molar-refractivity contribution in [2.24, 2.45) is 5.92 Å². The zero-order valence-corrected chi connectivity index (χ0v) is 13.1. The molecule has 0 heterocycles. The zero-order valence-electron chi connectivity index (χ0n) is 9.34. The summed E-state index contributed by atoms with van der Waals surface area (Å²) in [5.41, 5.74) is 0.718. The standard InChI is InChI=1S/C12H15BrINO/c1-8(2)11(13)7-15-12(16)9-4-3-5-10(14)6-9/h3-6,8,11H,7H2,1-2H3,(H,15,16). The molecule has 0 aliphatic rings. The SMILES string of the molecule is CC(C)C(Br)CNC(=O)c1cccc(I)c1. The van der Waals surface area contributed by atoms with Crippen LogP contribution in [0.4, 0.5) is 0 Å². The Bertz CT molecular complexity index is 368. The first-order valence-corrected chi connectivity index (χ1v) is 7.18. The summed E-state index contributed by atoms with van der Waals surface area (Å²) >= 11 is 5.74. The molecule has 1 amide bonds. The number of nitrogens with one attached hydrogen (secondary N) is 1. The van der Waals surface area contributed by atoms with Gasteiger partial charge in [-0.2, -0.15) is 0 Å². The van der Waals surface area contributed by atoms with Crippen LogP contribution in [0.2, 0.25) is 0 Å². The smallest absolute Gasteiger partial charge is 0.251 e. The Morgan fingerprint density at radius 1 is 1.50 bits per heavy atom. The van der Waals surface area contributed by atoms with Crippen molar-refractivity contribution in [2.45, 2.75) is 18.7 Å². The van der Waals surface area contributed by atoms with Crippen molar-refractivity contribution in [3.8, 4) is 0 Å². The third kappa shape index (κ3) is 4.41. The summed E-state index contributed by atoms with van der Waals surface area (Å²) < 4.78 is 1.07. The summed E-state index contributed by atoms with van der Waals surface area (Å²) in [5.74, 6) is 0.500. The normalized spacial score (nSPS) is 12.6. The van der Waals surface area contributed by atoms with E-state index in [0.29, 0.717) is 17.3 Å². The van der Waals surface area contributed by atoms with Crippen LogP contribution in [0.3, 0.4) is 0 Å². The Labute approximate surface area is 118 Å². The van der Waals surface area contributed by atoms with Gasteiger partial charge in [-0.15, -0.1) is 0 Å². The van der Waals surface area contributed by atoms with Crippen LogP contribution in [0, 0.1) is 9.49 Å². The minimum Gasteiger partial charge on any atom is -0.351 e. The van der Waals surface area contributed by atoms with Crippen LogP contribution in [-0.4, -0.2) is 17.3 Å². The molecule has 0 spiro atoms. The Morgan fingerprint density at radius 2 is 2.19 bits per heavy atom. The number of carbonyl (C=O) groups is 1. The van der Waals surface area contributed by atoms with Crippen LogP contribution in [0.5, 0.6) is 0 Å². The minimum absolute atomic E-state index is 0.0105. The van der Waals surface area contributed by atoms with E-state index >= 15 is 0 Å². The molecule has 16 heavy (non-hydrogen) atoms. The predicted octanol–water partition coefficient (Wildman–Crippen LogP) is 3.44. The van der Waals surface area contributed by atoms with E-state index < -0.39 is 0 Å². The molecule has 88 valence electrons. The average molecular weight is 396 g/mol. The van der Waals surface area contributed by atoms with Crippen molar-refractivity contribution in [3.05, 3.63) is 33.4 Å². The van der Waals surface area contributed by atoms with Gasteiger partial charge in [0.25, 0.3) is 5.91 Å². The lowest BCUT2D eigenvalue weighted by molar-refractivity contribution is 0.0953. The number of halogens is 2. The van der Waals surface area contributed by atoms with Crippen LogP contribution in [0.15, 0.2) is 24.3 Å². The van der Waals surface area contributed by atoms with Crippen molar-refractivity contribution in [2.75, 3.05) is 6.54 Å². The van der Waals surface area contributed by atoms with Crippen LogP contribution in [-0.2, 0) is 0 Å². The Hall–Kier alpha value is -0.100. The maximum absolute atomic E-state index is 11.8. The third-order valence-corrected chi connectivity index (χ3v) is 4.32. The van der Waals surface area contributed by atoms with Gasteiger partial charge >= 0.3 is 0 Å². The van der Waals surface area contributed by atoms with E-state index in [2.05, 4.69) is 57.7 Å². The Kier molecular flexibility index (Phi) is 5.75. The number of hydrogen-bond acceptors (Lipinski definition) is 1. The third-order valence-electron chi connectivity index (χ3n) is 2.27. The molecular weight excluding hydrogens is 381 g/mol. The molecule has 0 aliphatic carbocycles. The molecule has 1 aromatic carbocycles. The monoisotopic (exact) mass is 395 g/mol. The molecule has 0 radical (unpaired) electrons. The average Bonchev–Trinajstić information content (AvgIpc) is 2.25. The van der Waals surface area contributed by atoms with Gasteiger partial charge in [-0.1, -0.05) is 35.8 Å². The highest BCUT2D eigenvalue weighted by atomic mass is 127. The number of rotatable bonds is 4. The molecular formula is C12H15BrINO. The quantitative estimate of drug-likeness (QED) is 0.614. The van der Waals surface area contributed by atoms with E-state index in [4.69, 9.17) is 0 Å². The first-order chi connectivity index (χ1) is 7.50. The number of amides is 1. The molecule has 0 saturated carbocycles. The van der Waals surface area contributed by atoms with E-state index in [1.54, 1.807) is 0 Å².